The van der Waals surface area contributed by atoms with E-state index in [0.29, 0.717) is 5.56 Å². The zero-order valence-electron chi connectivity index (χ0n) is 9.35. The van der Waals surface area contributed by atoms with Crippen molar-refractivity contribution in [3.05, 3.63) is 75.7 Å². The van der Waals surface area contributed by atoms with Gasteiger partial charge >= 0.3 is 0 Å². The third-order valence-corrected chi connectivity index (χ3v) is 2.18. The van der Waals surface area contributed by atoms with E-state index in [1.165, 1.54) is 12.1 Å². The fourth-order valence-electron chi connectivity index (χ4n) is 1.29. The van der Waals surface area contributed by atoms with Crippen LogP contribution in [0, 0.1) is 10.1 Å². The number of non-ortho nitro benzene ring substituents is 1. The predicted octanol–water partition coefficient (Wildman–Crippen LogP) is 3.51. The summed E-state index contributed by atoms with van der Waals surface area (Å²) in [4.78, 5) is 10.0. The molecule has 0 aliphatic carbocycles. The number of nitro groups is 1. The van der Waals surface area contributed by atoms with Crippen LogP contribution in [0.5, 0.6) is 0 Å². The number of nitrogens with zero attached hydrogens (tertiary/aromatic N) is 3. The topological polar surface area (TPSA) is 69.6 Å². The molecule has 2 aromatic carbocycles. The van der Waals surface area contributed by atoms with Crippen molar-refractivity contribution in [3.63, 3.8) is 0 Å². The van der Waals surface area contributed by atoms with E-state index in [1.807, 2.05) is 30.3 Å². The largest absolute Gasteiger partial charge is 0.553 e. The maximum atomic E-state index is 10.5. The molecule has 0 aromatic heterocycles. The summed E-state index contributed by atoms with van der Waals surface area (Å²) in [7, 11) is 0. The van der Waals surface area contributed by atoms with Crippen LogP contribution in [-0.2, 0) is 0 Å². The Hall–Kier alpha value is -2.78. The maximum Gasteiger partial charge on any atom is 0.295 e. The third-order valence-electron chi connectivity index (χ3n) is 2.18. The van der Waals surface area contributed by atoms with Crippen LogP contribution in [0.25, 0.3) is 5.43 Å². The SMILES string of the molecule is O=[N+]([O-])c1ccc([C+]=N[N-]c2ccccc2)cc1. The van der Waals surface area contributed by atoms with E-state index in [2.05, 4.69) is 16.7 Å². The average Bonchev–Trinajstić information content (AvgIpc) is 2.40. The minimum atomic E-state index is -0.449. The molecule has 0 saturated carbocycles. The number of hydrogen-bond donors (Lipinski definition) is 0. The Labute approximate surface area is 104 Å². The van der Waals surface area contributed by atoms with Crippen molar-refractivity contribution in [2.75, 3.05) is 0 Å². The fourth-order valence-corrected chi connectivity index (χ4v) is 1.29. The Bertz CT molecular complexity index is 550. The quantitative estimate of drug-likeness (QED) is 0.354. The standard InChI is InChI=1S/C13H9N3O2/c17-16(18)13-8-6-11(7-9-13)10-14-15-12-4-2-1-3-5-12/h1-9H. The molecule has 0 amide bonds. The second-order valence-electron chi connectivity index (χ2n) is 3.45. The molecule has 0 saturated heterocycles. The highest BCUT2D eigenvalue weighted by molar-refractivity contribution is 5.81. The van der Waals surface area contributed by atoms with Gasteiger partial charge in [0.25, 0.3) is 5.69 Å². The minimum absolute atomic E-state index is 0.0422. The number of benzene rings is 2. The first-order chi connectivity index (χ1) is 8.75. The van der Waals surface area contributed by atoms with Crippen LogP contribution in [0.3, 0.4) is 0 Å². The Morgan fingerprint density at radius 3 is 2.33 bits per heavy atom. The van der Waals surface area contributed by atoms with Crippen molar-refractivity contribution in [1.82, 2.24) is 0 Å². The molecule has 0 spiro atoms. The lowest BCUT2D eigenvalue weighted by Crippen LogP contribution is -1.88. The molecule has 5 heteroatoms. The smallest absolute Gasteiger partial charge is 0.295 e. The van der Waals surface area contributed by atoms with Gasteiger partial charge in [-0.2, -0.15) is 0 Å². The molecule has 0 aliphatic heterocycles. The summed E-state index contributed by atoms with van der Waals surface area (Å²) >= 11 is 0. The maximum absolute atomic E-state index is 10.5. The number of rotatable bonds is 4. The van der Waals surface area contributed by atoms with Crippen molar-refractivity contribution < 1.29 is 4.92 Å². The molecule has 2 rings (SSSR count). The van der Waals surface area contributed by atoms with E-state index >= 15 is 0 Å². The highest BCUT2D eigenvalue weighted by Gasteiger charge is 2.08. The summed E-state index contributed by atoms with van der Waals surface area (Å²) in [5, 5.41) is 14.2. The molecule has 5 nitrogen and oxygen atoms in total. The van der Waals surface area contributed by atoms with Gasteiger partial charge in [0, 0.05) is 0 Å². The highest BCUT2D eigenvalue weighted by atomic mass is 16.6. The van der Waals surface area contributed by atoms with Crippen LogP contribution in [0.1, 0.15) is 5.56 Å². The normalized spacial score (nSPS) is 10.0. The van der Waals surface area contributed by atoms with Gasteiger partial charge in [0.05, 0.1) is 29.2 Å². The molecule has 0 unspecified atom stereocenters. The molecule has 18 heavy (non-hydrogen) atoms. The van der Waals surface area contributed by atoms with E-state index in [0.717, 1.165) is 5.69 Å². The first-order valence-corrected chi connectivity index (χ1v) is 5.22. The Kier molecular flexibility index (Phi) is 3.59. The van der Waals surface area contributed by atoms with E-state index in [-0.39, 0.29) is 5.69 Å². The molecule has 0 fully saturated rings. The molecule has 0 N–H and O–H groups in total. The molecule has 2 aromatic rings. The number of hydrogen-bond acceptors (Lipinski definition) is 3. The lowest BCUT2D eigenvalue weighted by atomic mass is 10.2. The molecule has 88 valence electrons. The van der Waals surface area contributed by atoms with Gasteiger partial charge in [-0.3, -0.25) is 10.1 Å². The van der Waals surface area contributed by atoms with Gasteiger partial charge in [0.15, 0.2) is 0 Å². The van der Waals surface area contributed by atoms with Gasteiger partial charge in [0.1, 0.15) is 6.21 Å². The van der Waals surface area contributed by atoms with E-state index in [1.54, 1.807) is 12.1 Å². The zero-order valence-corrected chi connectivity index (χ0v) is 9.35. The highest BCUT2D eigenvalue weighted by Crippen LogP contribution is 2.17. The lowest BCUT2D eigenvalue weighted by molar-refractivity contribution is -0.384. The molecule has 0 bridgehead atoms. The Morgan fingerprint density at radius 2 is 1.72 bits per heavy atom. The lowest BCUT2D eigenvalue weighted by Gasteiger charge is -2.10. The molecular formula is C13H9N3O2. The van der Waals surface area contributed by atoms with Crippen LogP contribution < -0.4 is 0 Å². The van der Waals surface area contributed by atoms with Crippen LogP contribution in [0.4, 0.5) is 11.4 Å². The van der Waals surface area contributed by atoms with Gasteiger partial charge in [-0.1, -0.05) is 30.3 Å². The summed E-state index contributed by atoms with van der Waals surface area (Å²) in [6.45, 7) is 0. The van der Waals surface area contributed by atoms with Crippen molar-refractivity contribution >= 4 is 17.6 Å². The average molecular weight is 239 g/mol. The first-order valence-electron chi connectivity index (χ1n) is 5.22. The van der Waals surface area contributed by atoms with Gasteiger partial charge < -0.3 is 5.43 Å². The summed E-state index contributed by atoms with van der Waals surface area (Å²) in [6.07, 6.45) is 2.70. The fraction of sp³-hybridized carbons (Fsp3) is 0. The molecule has 0 heterocycles. The van der Waals surface area contributed by atoms with Crippen LogP contribution in [0.2, 0.25) is 0 Å². The van der Waals surface area contributed by atoms with Gasteiger partial charge in [0.2, 0.25) is 5.56 Å². The van der Waals surface area contributed by atoms with E-state index in [4.69, 9.17) is 0 Å². The van der Waals surface area contributed by atoms with Crippen molar-refractivity contribution in [2.24, 2.45) is 5.10 Å². The first kappa shape index (κ1) is 11.7. The third kappa shape index (κ3) is 3.10. The summed E-state index contributed by atoms with van der Waals surface area (Å²) < 4.78 is 0. The Morgan fingerprint density at radius 1 is 1.06 bits per heavy atom. The zero-order chi connectivity index (χ0) is 12.8. The summed E-state index contributed by atoms with van der Waals surface area (Å²) in [5.74, 6) is 0. The molecular weight excluding hydrogens is 230 g/mol. The molecule has 0 radical (unpaired) electrons. The second kappa shape index (κ2) is 5.52. The van der Waals surface area contributed by atoms with E-state index < -0.39 is 4.92 Å². The molecule has 0 atom stereocenters. The second-order valence-corrected chi connectivity index (χ2v) is 3.45. The van der Waals surface area contributed by atoms with Crippen molar-refractivity contribution in [1.29, 1.82) is 0 Å². The van der Waals surface area contributed by atoms with Crippen LogP contribution in [-0.4, -0.2) is 11.1 Å². The number of nitro benzene ring substituents is 1. The predicted molar refractivity (Wildman–Crippen MR) is 69.1 cm³/mol. The van der Waals surface area contributed by atoms with Crippen LogP contribution in [0.15, 0.2) is 59.7 Å². The minimum Gasteiger partial charge on any atom is -0.553 e. The Balaban J connectivity index is 1.99. The van der Waals surface area contributed by atoms with Crippen molar-refractivity contribution in [3.8, 4) is 0 Å². The molecule has 0 aliphatic rings. The van der Waals surface area contributed by atoms with Crippen molar-refractivity contribution in [2.45, 2.75) is 0 Å². The van der Waals surface area contributed by atoms with Gasteiger partial charge in [-0.05, 0) is 0 Å². The van der Waals surface area contributed by atoms with Crippen LogP contribution >= 0.6 is 0 Å². The monoisotopic (exact) mass is 239 g/mol. The van der Waals surface area contributed by atoms with Gasteiger partial charge in [-0.25, -0.2) is 5.10 Å². The summed E-state index contributed by atoms with van der Waals surface area (Å²) in [5.41, 5.74) is 5.35. The van der Waals surface area contributed by atoms with Gasteiger partial charge in [-0.15, -0.1) is 5.69 Å². The summed E-state index contributed by atoms with van der Waals surface area (Å²) in [6, 6.07) is 15.2. The van der Waals surface area contributed by atoms with E-state index in [9.17, 15) is 10.1 Å².